The van der Waals surface area contributed by atoms with Gasteiger partial charge in [-0.2, -0.15) is 0 Å². The number of ether oxygens (including phenoxy) is 3. The van der Waals surface area contributed by atoms with Gasteiger partial charge in [-0.3, -0.25) is 4.79 Å². The molecule has 1 amide bonds. The highest BCUT2D eigenvalue weighted by atomic mass is 19.1. The summed E-state index contributed by atoms with van der Waals surface area (Å²) in [7, 11) is 1.45. The summed E-state index contributed by atoms with van der Waals surface area (Å²) in [6.07, 6.45) is -0.293. The zero-order valence-electron chi connectivity index (χ0n) is 14.2. The molecule has 0 fully saturated rings. The molecule has 6 heteroatoms. The molecular formula is C19H20FNO4. The van der Waals surface area contributed by atoms with Crippen molar-refractivity contribution < 1.29 is 23.4 Å². The molecule has 1 aliphatic heterocycles. The Morgan fingerprint density at radius 3 is 2.76 bits per heavy atom. The molecule has 1 heterocycles. The fourth-order valence-electron chi connectivity index (χ4n) is 2.77. The lowest BCUT2D eigenvalue weighted by Crippen LogP contribution is -2.43. The van der Waals surface area contributed by atoms with Crippen LogP contribution in [0.4, 0.5) is 4.39 Å². The van der Waals surface area contributed by atoms with Crippen molar-refractivity contribution in [3.05, 3.63) is 53.8 Å². The van der Waals surface area contributed by atoms with E-state index in [1.54, 1.807) is 4.90 Å². The molecule has 0 aliphatic carbocycles. The number of fused-ring (bicyclic) bond motifs is 1. The molecule has 0 saturated carbocycles. The van der Waals surface area contributed by atoms with Crippen LogP contribution in [-0.2, 0) is 0 Å². The van der Waals surface area contributed by atoms with Crippen molar-refractivity contribution in [2.75, 3.05) is 26.8 Å². The van der Waals surface area contributed by atoms with Crippen molar-refractivity contribution in [2.24, 2.45) is 0 Å². The normalized spacial score (nSPS) is 15.6. The number of rotatable bonds is 5. The molecule has 0 bridgehead atoms. The van der Waals surface area contributed by atoms with Crippen molar-refractivity contribution in [3.8, 4) is 17.2 Å². The van der Waals surface area contributed by atoms with Crippen LogP contribution in [0.3, 0.4) is 0 Å². The van der Waals surface area contributed by atoms with Gasteiger partial charge in [-0.15, -0.1) is 0 Å². The minimum absolute atomic E-state index is 0.196. The fourth-order valence-corrected chi connectivity index (χ4v) is 2.77. The first-order valence-corrected chi connectivity index (χ1v) is 8.13. The van der Waals surface area contributed by atoms with Crippen molar-refractivity contribution in [1.29, 1.82) is 0 Å². The number of benzene rings is 2. The van der Waals surface area contributed by atoms with E-state index in [9.17, 15) is 9.18 Å². The molecule has 5 nitrogen and oxygen atoms in total. The zero-order chi connectivity index (χ0) is 17.8. The Bertz CT molecular complexity index is 765. The summed E-state index contributed by atoms with van der Waals surface area (Å²) in [5.41, 5.74) is 0.196. The van der Waals surface area contributed by atoms with Crippen LogP contribution >= 0.6 is 0 Å². The van der Waals surface area contributed by atoms with E-state index in [1.807, 2.05) is 31.2 Å². The van der Waals surface area contributed by atoms with E-state index in [0.717, 1.165) is 0 Å². The molecule has 3 rings (SSSR count). The van der Waals surface area contributed by atoms with Gasteiger partial charge in [0.2, 0.25) is 0 Å². The third-order valence-corrected chi connectivity index (χ3v) is 4.05. The number of hydrogen-bond acceptors (Lipinski definition) is 4. The average Bonchev–Trinajstić information content (AvgIpc) is 2.65. The SMILES string of the molecule is CCN(CC1COc2ccccc2O1)C(=O)c1cc(F)ccc1OC. The molecule has 2 aromatic carbocycles. The smallest absolute Gasteiger partial charge is 0.257 e. The minimum Gasteiger partial charge on any atom is -0.496 e. The van der Waals surface area contributed by atoms with Gasteiger partial charge in [0.1, 0.15) is 18.2 Å². The number of likely N-dealkylation sites (N-methyl/N-ethyl adjacent to an activating group) is 1. The highest BCUT2D eigenvalue weighted by molar-refractivity contribution is 5.97. The number of carbonyl (C=O) groups is 1. The minimum atomic E-state index is -0.480. The van der Waals surface area contributed by atoms with Gasteiger partial charge in [-0.05, 0) is 37.3 Å². The van der Waals surface area contributed by atoms with Gasteiger partial charge in [0.05, 0.1) is 19.2 Å². The van der Waals surface area contributed by atoms with E-state index < -0.39 is 5.82 Å². The van der Waals surface area contributed by atoms with Crippen LogP contribution in [0.2, 0.25) is 0 Å². The molecule has 0 spiro atoms. The number of methoxy groups -OCH3 is 1. The lowest BCUT2D eigenvalue weighted by Gasteiger charge is -2.31. The highest BCUT2D eigenvalue weighted by Crippen LogP contribution is 2.31. The van der Waals surface area contributed by atoms with Crippen molar-refractivity contribution in [2.45, 2.75) is 13.0 Å². The summed E-state index contributed by atoms with van der Waals surface area (Å²) in [5, 5.41) is 0. The average molecular weight is 345 g/mol. The van der Waals surface area contributed by atoms with Crippen LogP contribution < -0.4 is 14.2 Å². The Balaban J connectivity index is 1.75. The number of amides is 1. The monoisotopic (exact) mass is 345 g/mol. The van der Waals surface area contributed by atoms with Gasteiger partial charge in [0.15, 0.2) is 17.6 Å². The third kappa shape index (κ3) is 3.68. The van der Waals surface area contributed by atoms with E-state index >= 15 is 0 Å². The molecule has 0 radical (unpaired) electrons. The van der Waals surface area contributed by atoms with E-state index in [0.29, 0.717) is 36.9 Å². The lowest BCUT2D eigenvalue weighted by atomic mass is 10.1. The lowest BCUT2D eigenvalue weighted by molar-refractivity contribution is 0.0472. The molecule has 1 atom stereocenters. The second kappa shape index (κ2) is 7.42. The fraction of sp³-hybridized carbons (Fsp3) is 0.316. The van der Waals surface area contributed by atoms with Crippen LogP contribution in [0.5, 0.6) is 17.2 Å². The first-order chi connectivity index (χ1) is 12.1. The highest BCUT2D eigenvalue weighted by Gasteiger charge is 2.26. The molecule has 132 valence electrons. The molecule has 0 aromatic heterocycles. The number of para-hydroxylation sites is 2. The standard InChI is InChI=1S/C19H20FNO4/c1-3-21(19(22)15-10-13(20)8-9-16(15)23-2)11-14-12-24-17-6-4-5-7-18(17)25-14/h4-10,14H,3,11-12H2,1-2H3. The molecule has 2 aromatic rings. The summed E-state index contributed by atoms with van der Waals surface area (Å²) in [4.78, 5) is 14.4. The maximum Gasteiger partial charge on any atom is 0.257 e. The summed E-state index contributed by atoms with van der Waals surface area (Å²) in [6, 6.07) is 11.3. The number of halogens is 1. The number of nitrogens with zero attached hydrogens (tertiary/aromatic N) is 1. The van der Waals surface area contributed by atoms with Crippen LogP contribution in [0, 0.1) is 5.82 Å². The Hall–Kier alpha value is -2.76. The largest absolute Gasteiger partial charge is 0.496 e. The van der Waals surface area contributed by atoms with E-state index in [2.05, 4.69) is 0 Å². The molecular weight excluding hydrogens is 325 g/mol. The second-order valence-corrected chi connectivity index (χ2v) is 5.69. The summed E-state index contributed by atoms with van der Waals surface area (Å²) < 4.78 is 30.3. The Morgan fingerprint density at radius 1 is 1.28 bits per heavy atom. The maximum atomic E-state index is 13.6. The molecule has 1 unspecified atom stereocenters. The summed E-state index contributed by atoms with van der Waals surface area (Å²) in [5.74, 6) is 0.911. The van der Waals surface area contributed by atoms with Gasteiger partial charge in [-0.25, -0.2) is 4.39 Å². The topological polar surface area (TPSA) is 48.0 Å². The van der Waals surface area contributed by atoms with Crippen molar-refractivity contribution in [1.82, 2.24) is 4.90 Å². The maximum absolute atomic E-state index is 13.6. The van der Waals surface area contributed by atoms with Crippen LogP contribution in [0.1, 0.15) is 17.3 Å². The van der Waals surface area contributed by atoms with Gasteiger partial charge < -0.3 is 19.1 Å². The Labute approximate surface area is 145 Å². The zero-order valence-corrected chi connectivity index (χ0v) is 14.2. The van der Waals surface area contributed by atoms with Crippen LogP contribution in [-0.4, -0.2) is 43.7 Å². The van der Waals surface area contributed by atoms with Gasteiger partial charge >= 0.3 is 0 Å². The molecule has 0 saturated heterocycles. The van der Waals surface area contributed by atoms with E-state index in [1.165, 1.54) is 25.3 Å². The van der Waals surface area contributed by atoms with Gasteiger partial charge in [-0.1, -0.05) is 12.1 Å². The Kier molecular flexibility index (Phi) is 5.07. The number of hydrogen-bond donors (Lipinski definition) is 0. The predicted molar refractivity (Wildman–Crippen MR) is 90.9 cm³/mol. The second-order valence-electron chi connectivity index (χ2n) is 5.69. The summed E-state index contributed by atoms with van der Waals surface area (Å²) >= 11 is 0. The van der Waals surface area contributed by atoms with Crippen LogP contribution in [0.25, 0.3) is 0 Å². The third-order valence-electron chi connectivity index (χ3n) is 4.05. The predicted octanol–water partition coefficient (Wildman–Crippen LogP) is 3.14. The first-order valence-electron chi connectivity index (χ1n) is 8.13. The molecule has 0 N–H and O–H groups in total. The first kappa shape index (κ1) is 17.1. The number of carbonyl (C=O) groups excluding carboxylic acids is 1. The van der Waals surface area contributed by atoms with Crippen molar-refractivity contribution in [3.63, 3.8) is 0 Å². The quantitative estimate of drug-likeness (QED) is 0.835. The summed E-state index contributed by atoms with van der Waals surface area (Å²) in [6.45, 7) is 3.01. The van der Waals surface area contributed by atoms with E-state index in [-0.39, 0.29) is 17.6 Å². The van der Waals surface area contributed by atoms with Gasteiger partial charge in [0, 0.05) is 6.54 Å². The van der Waals surface area contributed by atoms with Crippen LogP contribution in [0.15, 0.2) is 42.5 Å². The molecule has 1 aliphatic rings. The van der Waals surface area contributed by atoms with Crippen molar-refractivity contribution >= 4 is 5.91 Å². The van der Waals surface area contributed by atoms with E-state index in [4.69, 9.17) is 14.2 Å². The molecule has 25 heavy (non-hydrogen) atoms. The van der Waals surface area contributed by atoms with Gasteiger partial charge in [0.25, 0.3) is 5.91 Å². The Morgan fingerprint density at radius 2 is 2.04 bits per heavy atom.